The number of anilines is 1. The van der Waals surface area contributed by atoms with E-state index in [1.807, 2.05) is 32.6 Å². The first-order chi connectivity index (χ1) is 15.5. The number of aryl methyl sites for hydroxylation is 1. The molecule has 1 aliphatic carbocycles. The van der Waals surface area contributed by atoms with E-state index >= 15 is 0 Å². The molecule has 1 fully saturated rings. The summed E-state index contributed by atoms with van der Waals surface area (Å²) >= 11 is 0. The molecule has 3 heterocycles. The van der Waals surface area contributed by atoms with Crippen molar-refractivity contribution in [2.45, 2.75) is 37.8 Å². The summed E-state index contributed by atoms with van der Waals surface area (Å²) in [6.45, 7) is 0. The second kappa shape index (κ2) is 8.22. The molecular formula is C23H24F2N6O. The lowest BCUT2D eigenvalue weighted by atomic mass is 9.93. The van der Waals surface area contributed by atoms with Crippen LogP contribution in [0.1, 0.15) is 31.7 Å². The SMILES string of the molecule is CNc1cc2c(cn1)c(-c1cnn(C)c1)nn2C1CCC(Oc2c(F)cccc2F)CC1. The van der Waals surface area contributed by atoms with Crippen LogP contribution in [0.5, 0.6) is 5.75 Å². The molecule has 32 heavy (non-hydrogen) atoms. The number of para-hydroxylation sites is 1. The molecule has 1 saturated carbocycles. The van der Waals surface area contributed by atoms with Crippen LogP contribution in [0.4, 0.5) is 14.6 Å². The van der Waals surface area contributed by atoms with Crippen LogP contribution in [0.2, 0.25) is 0 Å². The number of rotatable bonds is 5. The van der Waals surface area contributed by atoms with Gasteiger partial charge in [0.15, 0.2) is 17.4 Å². The van der Waals surface area contributed by atoms with E-state index < -0.39 is 11.6 Å². The molecule has 5 rings (SSSR count). The fourth-order valence-corrected chi connectivity index (χ4v) is 4.37. The minimum Gasteiger partial charge on any atom is -0.484 e. The Morgan fingerprint density at radius 1 is 1.09 bits per heavy atom. The Morgan fingerprint density at radius 2 is 1.84 bits per heavy atom. The number of hydrogen-bond donors (Lipinski definition) is 1. The average molecular weight is 438 g/mol. The molecule has 1 aliphatic rings. The number of hydrogen-bond acceptors (Lipinski definition) is 5. The van der Waals surface area contributed by atoms with Gasteiger partial charge in [-0.25, -0.2) is 13.8 Å². The maximum Gasteiger partial charge on any atom is 0.191 e. The molecule has 0 bridgehead atoms. The summed E-state index contributed by atoms with van der Waals surface area (Å²) in [7, 11) is 3.71. The third-order valence-electron chi connectivity index (χ3n) is 6.02. The summed E-state index contributed by atoms with van der Waals surface area (Å²) in [6.07, 6.45) is 8.30. The molecule has 0 unspecified atom stereocenters. The van der Waals surface area contributed by atoms with Crippen LogP contribution in [0.25, 0.3) is 22.2 Å². The fourth-order valence-electron chi connectivity index (χ4n) is 4.37. The highest BCUT2D eigenvalue weighted by atomic mass is 19.1. The van der Waals surface area contributed by atoms with Crippen molar-refractivity contribution in [3.63, 3.8) is 0 Å². The maximum atomic E-state index is 14.0. The zero-order valence-corrected chi connectivity index (χ0v) is 17.9. The molecule has 166 valence electrons. The van der Waals surface area contributed by atoms with E-state index in [1.165, 1.54) is 18.2 Å². The molecule has 3 aromatic heterocycles. The fraction of sp³-hybridized carbons (Fsp3) is 0.348. The van der Waals surface area contributed by atoms with Crippen LogP contribution >= 0.6 is 0 Å². The lowest BCUT2D eigenvalue weighted by Crippen LogP contribution is -2.26. The summed E-state index contributed by atoms with van der Waals surface area (Å²) in [5.41, 5.74) is 2.77. The maximum absolute atomic E-state index is 14.0. The summed E-state index contributed by atoms with van der Waals surface area (Å²) in [4.78, 5) is 4.47. The van der Waals surface area contributed by atoms with Crippen molar-refractivity contribution in [1.29, 1.82) is 0 Å². The average Bonchev–Trinajstić information content (AvgIpc) is 3.40. The molecule has 0 spiro atoms. The number of benzene rings is 1. The van der Waals surface area contributed by atoms with Crippen LogP contribution < -0.4 is 10.1 Å². The quantitative estimate of drug-likeness (QED) is 0.489. The van der Waals surface area contributed by atoms with Gasteiger partial charge in [0, 0.05) is 43.5 Å². The van der Waals surface area contributed by atoms with Crippen molar-refractivity contribution in [2.75, 3.05) is 12.4 Å². The smallest absolute Gasteiger partial charge is 0.191 e. The topological polar surface area (TPSA) is 69.8 Å². The predicted octanol–water partition coefficient (Wildman–Crippen LogP) is 4.71. The van der Waals surface area contributed by atoms with E-state index in [0.717, 1.165) is 40.8 Å². The first-order valence-electron chi connectivity index (χ1n) is 10.7. The molecular weight excluding hydrogens is 414 g/mol. The standard InChI is InChI=1S/C23H24F2N6O/c1-26-21-10-20-17(12-27-21)22(14-11-28-30(2)13-14)29-31(20)15-6-8-16(9-7-15)32-23-18(24)4-3-5-19(23)25/h3-5,10-13,15-16H,6-9H2,1-2H3,(H,26,27). The highest BCUT2D eigenvalue weighted by Crippen LogP contribution is 2.37. The minimum atomic E-state index is -0.668. The van der Waals surface area contributed by atoms with E-state index in [-0.39, 0.29) is 17.9 Å². The van der Waals surface area contributed by atoms with Crippen molar-refractivity contribution in [3.8, 4) is 17.0 Å². The zero-order valence-electron chi connectivity index (χ0n) is 17.9. The summed E-state index contributed by atoms with van der Waals surface area (Å²) in [5.74, 6) is -0.857. The molecule has 0 aliphatic heterocycles. The molecule has 1 aromatic carbocycles. The monoisotopic (exact) mass is 438 g/mol. The van der Waals surface area contributed by atoms with Crippen LogP contribution in [0.3, 0.4) is 0 Å². The van der Waals surface area contributed by atoms with E-state index in [1.54, 1.807) is 10.9 Å². The highest BCUT2D eigenvalue weighted by molar-refractivity contribution is 5.93. The van der Waals surface area contributed by atoms with Crippen molar-refractivity contribution < 1.29 is 13.5 Å². The van der Waals surface area contributed by atoms with E-state index in [4.69, 9.17) is 9.84 Å². The molecule has 0 saturated heterocycles. The Kier molecular flexibility index (Phi) is 5.24. The van der Waals surface area contributed by atoms with Crippen molar-refractivity contribution >= 4 is 16.7 Å². The zero-order chi connectivity index (χ0) is 22.2. The number of aromatic nitrogens is 5. The third kappa shape index (κ3) is 3.68. The van der Waals surface area contributed by atoms with E-state index in [9.17, 15) is 8.78 Å². The van der Waals surface area contributed by atoms with Crippen LogP contribution in [0, 0.1) is 11.6 Å². The Morgan fingerprint density at radius 3 is 2.50 bits per heavy atom. The molecule has 0 atom stereocenters. The second-order valence-electron chi connectivity index (χ2n) is 8.13. The first-order valence-corrected chi connectivity index (χ1v) is 10.7. The first kappa shape index (κ1) is 20.4. The molecule has 4 aromatic rings. The largest absolute Gasteiger partial charge is 0.484 e. The van der Waals surface area contributed by atoms with Gasteiger partial charge in [-0.05, 0) is 37.8 Å². The van der Waals surface area contributed by atoms with Gasteiger partial charge < -0.3 is 10.1 Å². The number of pyridine rings is 1. The number of halogens is 2. The number of fused-ring (bicyclic) bond motifs is 1. The third-order valence-corrected chi connectivity index (χ3v) is 6.02. The Hall–Kier alpha value is -3.49. The van der Waals surface area contributed by atoms with Gasteiger partial charge in [-0.1, -0.05) is 6.07 Å². The van der Waals surface area contributed by atoms with Crippen LogP contribution in [-0.2, 0) is 7.05 Å². The normalized spacial score (nSPS) is 18.8. The Bertz CT molecular complexity index is 1240. The van der Waals surface area contributed by atoms with Gasteiger partial charge in [-0.15, -0.1) is 0 Å². The van der Waals surface area contributed by atoms with Gasteiger partial charge in [0.25, 0.3) is 0 Å². The van der Waals surface area contributed by atoms with Gasteiger partial charge in [0.05, 0.1) is 23.9 Å². The van der Waals surface area contributed by atoms with Crippen LogP contribution in [0.15, 0.2) is 42.9 Å². The predicted molar refractivity (Wildman–Crippen MR) is 118 cm³/mol. The van der Waals surface area contributed by atoms with Gasteiger partial charge in [0.2, 0.25) is 0 Å². The van der Waals surface area contributed by atoms with Gasteiger partial charge >= 0.3 is 0 Å². The molecule has 9 heteroatoms. The molecule has 7 nitrogen and oxygen atoms in total. The number of ether oxygens (including phenoxy) is 1. The highest BCUT2D eigenvalue weighted by Gasteiger charge is 2.28. The number of nitrogens with zero attached hydrogens (tertiary/aromatic N) is 5. The number of nitrogens with one attached hydrogen (secondary N) is 1. The van der Waals surface area contributed by atoms with Gasteiger partial charge in [-0.2, -0.15) is 10.2 Å². The van der Waals surface area contributed by atoms with E-state index in [0.29, 0.717) is 12.8 Å². The minimum absolute atomic E-state index is 0.153. The van der Waals surface area contributed by atoms with Gasteiger partial charge in [-0.3, -0.25) is 9.36 Å². The van der Waals surface area contributed by atoms with Crippen molar-refractivity contribution in [2.24, 2.45) is 7.05 Å². The molecule has 0 amide bonds. The van der Waals surface area contributed by atoms with E-state index in [2.05, 4.69) is 20.1 Å². The molecule has 1 N–H and O–H groups in total. The second-order valence-corrected chi connectivity index (χ2v) is 8.13. The van der Waals surface area contributed by atoms with Crippen molar-refractivity contribution in [3.05, 3.63) is 54.5 Å². The lowest BCUT2D eigenvalue weighted by Gasteiger charge is -2.29. The van der Waals surface area contributed by atoms with Crippen molar-refractivity contribution in [1.82, 2.24) is 24.5 Å². The Labute approximate surface area is 184 Å². The van der Waals surface area contributed by atoms with Crippen LogP contribution in [-0.4, -0.2) is 37.7 Å². The summed E-state index contributed by atoms with van der Waals surface area (Å²) in [6, 6.07) is 5.92. The summed E-state index contributed by atoms with van der Waals surface area (Å²) in [5, 5.41) is 13.3. The molecule has 0 radical (unpaired) electrons. The Balaban J connectivity index is 1.41. The lowest BCUT2D eigenvalue weighted by molar-refractivity contribution is 0.121. The van der Waals surface area contributed by atoms with Gasteiger partial charge in [0.1, 0.15) is 11.5 Å². The summed E-state index contributed by atoms with van der Waals surface area (Å²) < 4.78 is 37.4.